The van der Waals surface area contributed by atoms with E-state index in [-0.39, 0.29) is 5.91 Å². The zero-order valence-corrected chi connectivity index (χ0v) is 20.1. The van der Waals surface area contributed by atoms with Gasteiger partial charge in [0.25, 0.3) is 5.91 Å². The maximum atomic E-state index is 12.8. The number of nitrogens with zero attached hydrogens (tertiary/aromatic N) is 2. The van der Waals surface area contributed by atoms with Gasteiger partial charge in [-0.05, 0) is 60.5 Å². The monoisotopic (exact) mass is 485 g/mol. The number of hydrogen-bond acceptors (Lipinski definition) is 7. The summed E-state index contributed by atoms with van der Waals surface area (Å²) in [5.41, 5.74) is 2.30. The second-order valence-corrected chi connectivity index (χ2v) is 7.71. The van der Waals surface area contributed by atoms with Crippen LogP contribution in [-0.4, -0.2) is 29.6 Å². The Kier molecular flexibility index (Phi) is 8.32. The average Bonchev–Trinajstić information content (AvgIpc) is 2.92. The molecule has 4 aromatic rings. The van der Waals surface area contributed by atoms with E-state index in [1.165, 1.54) is 0 Å². The lowest BCUT2D eigenvalue weighted by Crippen LogP contribution is -2.23. The van der Waals surface area contributed by atoms with Gasteiger partial charge in [0.2, 0.25) is 5.88 Å². The number of rotatable bonds is 11. The second-order valence-electron chi connectivity index (χ2n) is 7.71. The molecule has 0 spiro atoms. The molecule has 4 rings (SSSR count). The van der Waals surface area contributed by atoms with Gasteiger partial charge in [0.1, 0.15) is 18.1 Å². The molecule has 0 unspecified atom stereocenters. The van der Waals surface area contributed by atoms with Crippen LogP contribution in [-0.2, 0) is 13.2 Å². The summed E-state index contributed by atoms with van der Waals surface area (Å²) in [6, 6.07) is 19.8. The first kappa shape index (κ1) is 24.5. The van der Waals surface area contributed by atoms with E-state index in [2.05, 4.69) is 15.3 Å². The van der Waals surface area contributed by atoms with Crippen molar-refractivity contribution in [2.24, 2.45) is 0 Å². The van der Waals surface area contributed by atoms with Crippen LogP contribution in [0.2, 0.25) is 0 Å². The summed E-state index contributed by atoms with van der Waals surface area (Å²) in [5, 5.41) is 2.91. The quantitative estimate of drug-likeness (QED) is 0.313. The fraction of sp³-hybridized carbons (Fsp3) is 0.179. The Morgan fingerprint density at radius 3 is 2.47 bits per heavy atom. The van der Waals surface area contributed by atoms with Gasteiger partial charge < -0.3 is 24.3 Å². The third kappa shape index (κ3) is 6.73. The van der Waals surface area contributed by atoms with Crippen molar-refractivity contribution in [2.45, 2.75) is 20.1 Å². The molecule has 8 heteroatoms. The van der Waals surface area contributed by atoms with Crippen LogP contribution in [0.15, 0.2) is 85.3 Å². The normalized spacial score (nSPS) is 10.4. The fourth-order valence-electron chi connectivity index (χ4n) is 3.32. The summed E-state index contributed by atoms with van der Waals surface area (Å²) in [7, 11) is 1.60. The molecular formula is C28H27N3O5. The number of ether oxygens (including phenoxy) is 4. The van der Waals surface area contributed by atoms with Crippen LogP contribution in [0.3, 0.4) is 0 Å². The Hall–Kier alpha value is -4.59. The third-order valence-electron chi connectivity index (χ3n) is 5.16. The summed E-state index contributed by atoms with van der Waals surface area (Å²) in [6.45, 7) is 3.02. The van der Waals surface area contributed by atoms with Gasteiger partial charge in [-0.2, -0.15) is 0 Å². The van der Waals surface area contributed by atoms with Crippen LogP contribution in [0.1, 0.15) is 28.4 Å². The minimum Gasteiger partial charge on any atom is -0.497 e. The molecule has 0 radical (unpaired) electrons. The van der Waals surface area contributed by atoms with Crippen molar-refractivity contribution in [3.63, 3.8) is 0 Å². The van der Waals surface area contributed by atoms with Crippen LogP contribution < -0.4 is 24.3 Å². The SMILES string of the molecule is CCOc1cc(C(=O)NCc2ccc(Oc3cccc(OC)c3)nc2)ccc1OCc1ccncc1. The molecule has 0 fully saturated rings. The Labute approximate surface area is 209 Å². The molecule has 0 aliphatic rings. The molecule has 0 saturated carbocycles. The van der Waals surface area contributed by atoms with Gasteiger partial charge in [-0.1, -0.05) is 12.1 Å². The highest BCUT2D eigenvalue weighted by molar-refractivity contribution is 5.94. The van der Waals surface area contributed by atoms with Crippen molar-refractivity contribution in [3.05, 3.63) is 102 Å². The fourth-order valence-corrected chi connectivity index (χ4v) is 3.32. The number of amides is 1. The molecule has 8 nitrogen and oxygen atoms in total. The van der Waals surface area contributed by atoms with Crippen LogP contribution in [0, 0.1) is 0 Å². The van der Waals surface area contributed by atoms with Crippen molar-refractivity contribution >= 4 is 5.91 Å². The van der Waals surface area contributed by atoms with E-state index < -0.39 is 0 Å². The Morgan fingerprint density at radius 2 is 1.72 bits per heavy atom. The number of benzene rings is 2. The lowest BCUT2D eigenvalue weighted by molar-refractivity contribution is 0.0950. The number of aromatic nitrogens is 2. The Morgan fingerprint density at radius 1 is 0.889 bits per heavy atom. The summed E-state index contributed by atoms with van der Waals surface area (Å²) in [4.78, 5) is 21.1. The maximum absolute atomic E-state index is 12.8. The van der Waals surface area contributed by atoms with E-state index in [1.54, 1.807) is 56.0 Å². The molecule has 36 heavy (non-hydrogen) atoms. The largest absolute Gasteiger partial charge is 0.497 e. The second kappa shape index (κ2) is 12.2. The van der Waals surface area contributed by atoms with Crippen molar-refractivity contribution in [3.8, 4) is 28.9 Å². The van der Waals surface area contributed by atoms with E-state index in [0.29, 0.717) is 54.2 Å². The van der Waals surface area contributed by atoms with Crippen LogP contribution in [0.4, 0.5) is 0 Å². The van der Waals surface area contributed by atoms with Crippen molar-refractivity contribution in [2.75, 3.05) is 13.7 Å². The maximum Gasteiger partial charge on any atom is 0.251 e. The van der Waals surface area contributed by atoms with E-state index in [4.69, 9.17) is 18.9 Å². The highest BCUT2D eigenvalue weighted by atomic mass is 16.5. The molecule has 0 bridgehead atoms. The van der Waals surface area contributed by atoms with Crippen LogP contribution in [0.5, 0.6) is 28.9 Å². The van der Waals surface area contributed by atoms with Crippen LogP contribution >= 0.6 is 0 Å². The number of carbonyl (C=O) groups is 1. The smallest absolute Gasteiger partial charge is 0.251 e. The topological polar surface area (TPSA) is 91.8 Å². The van der Waals surface area contributed by atoms with Gasteiger partial charge in [0.05, 0.1) is 13.7 Å². The van der Waals surface area contributed by atoms with Gasteiger partial charge in [-0.25, -0.2) is 4.98 Å². The molecule has 184 valence electrons. The molecule has 0 saturated heterocycles. The van der Waals surface area contributed by atoms with E-state index in [9.17, 15) is 4.79 Å². The predicted octanol–water partition coefficient (Wildman–Crippen LogP) is 5.19. The van der Waals surface area contributed by atoms with Gasteiger partial charge >= 0.3 is 0 Å². The molecule has 2 heterocycles. The van der Waals surface area contributed by atoms with E-state index >= 15 is 0 Å². The molecule has 2 aromatic carbocycles. The van der Waals surface area contributed by atoms with Gasteiger partial charge in [0.15, 0.2) is 11.5 Å². The summed E-state index contributed by atoms with van der Waals surface area (Å²) >= 11 is 0. The van der Waals surface area contributed by atoms with Gasteiger partial charge in [-0.3, -0.25) is 9.78 Å². The van der Waals surface area contributed by atoms with E-state index in [1.807, 2.05) is 43.3 Å². The molecular weight excluding hydrogens is 458 g/mol. The Balaban J connectivity index is 1.34. The number of carbonyl (C=O) groups excluding carboxylic acids is 1. The standard InChI is InChI=1S/C28H27N3O5/c1-3-34-26-15-22(8-9-25(26)35-19-20-11-13-29-14-12-20)28(32)31-18-21-7-10-27(30-17-21)36-24-6-4-5-23(16-24)33-2/h4-17H,3,18-19H2,1-2H3,(H,31,32). The summed E-state index contributed by atoms with van der Waals surface area (Å²) < 4.78 is 22.6. The number of methoxy groups -OCH3 is 1. The molecule has 1 amide bonds. The number of nitrogens with one attached hydrogen (secondary N) is 1. The molecule has 2 aromatic heterocycles. The number of pyridine rings is 2. The summed E-state index contributed by atoms with van der Waals surface area (Å²) in [6.07, 6.45) is 5.09. The first-order valence-electron chi connectivity index (χ1n) is 11.5. The highest BCUT2D eigenvalue weighted by Crippen LogP contribution is 2.29. The average molecular weight is 486 g/mol. The van der Waals surface area contributed by atoms with Crippen LogP contribution in [0.25, 0.3) is 0 Å². The molecule has 0 atom stereocenters. The lowest BCUT2D eigenvalue weighted by Gasteiger charge is -2.13. The Bertz CT molecular complexity index is 1280. The third-order valence-corrected chi connectivity index (χ3v) is 5.16. The predicted molar refractivity (Wildman–Crippen MR) is 135 cm³/mol. The molecule has 1 N–H and O–H groups in total. The first-order valence-corrected chi connectivity index (χ1v) is 11.5. The van der Waals surface area contributed by atoms with E-state index in [0.717, 1.165) is 11.1 Å². The number of hydrogen-bond donors (Lipinski definition) is 1. The molecule has 0 aliphatic heterocycles. The van der Waals surface area contributed by atoms with Gasteiger partial charge in [-0.15, -0.1) is 0 Å². The molecule has 0 aliphatic carbocycles. The van der Waals surface area contributed by atoms with Crippen molar-refractivity contribution < 1.29 is 23.7 Å². The van der Waals surface area contributed by atoms with Crippen molar-refractivity contribution in [1.29, 1.82) is 0 Å². The zero-order chi connectivity index (χ0) is 25.2. The minimum absolute atomic E-state index is 0.228. The summed E-state index contributed by atoms with van der Waals surface area (Å²) in [5.74, 6) is 2.63. The van der Waals surface area contributed by atoms with Gasteiger partial charge in [0, 0.05) is 42.8 Å². The highest BCUT2D eigenvalue weighted by Gasteiger charge is 2.12. The minimum atomic E-state index is -0.228. The zero-order valence-electron chi connectivity index (χ0n) is 20.1. The first-order chi connectivity index (χ1) is 17.6. The van der Waals surface area contributed by atoms with Crippen molar-refractivity contribution in [1.82, 2.24) is 15.3 Å². The lowest BCUT2D eigenvalue weighted by atomic mass is 10.1.